The maximum atomic E-state index is 5.85. The Balaban J connectivity index is 2.40. The molecule has 2 N–H and O–H groups in total. The third kappa shape index (κ3) is 2.21. The Kier molecular flexibility index (Phi) is 3.47. The lowest BCUT2D eigenvalue weighted by Crippen LogP contribution is -2.21. The number of halogens is 1. The molecule has 3 nitrogen and oxygen atoms in total. The van der Waals surface area contributed by atoms with Crippen molar-refractivity contribution in [3.05, 3.63) is 38.3 Å². The van der Waals surface area contributed by atoms with Gasteiger partial charge in [0.2, 0.25) is 0 Å². The van der Waals surface area contributed by atoms with Crippen LogP contribution in [-0.2, 0) is 0 Å². The van der Waals surface area contributed by atoms with Crippen molar-refractivity contribution in [1.82, 2.24) is 9.78 Å². The molecule has 2 rings (SSSR count). The van der Waals surface area contributed by atoms with Gasteiger partial charge in [0.1, 0.15) is 0 Å². The summed E-state index contributed by atoms with van der Waals surface area (Å²) in [4.78, 5) is 1.24. The first-order valence-corrected chi connectivity index (χ1v) is 6.76. The third-order valence-electron chi connectivity index (χ3n) is 2.48. The number of thiophene rings is 1. The zero-order valence-corrected chi connectivity index (χ0v) is 11.7. The minimum absolute atomic E-state index is 0.144. The standard InChI is InChI=1S/C11H14BrN3S/c1-7-3-8(2)15(14-7)10(5-13)11-4-9(12)6-16-11/h3-4,6,10H,5,13H2,1-2H3. The van der Waals surface area contributed by atoms with Gasteiger partial charge in [-0.2, -0.15) is 5.10 Å². The van der Waals surface area contributed by atoms with Crippen LogP contribution in [-0.4, -0.2) is 16.3 Å². The predicted octanol–water partition coefficient (Wildman–Crippen LogP) is 2.87. The van der Waals surface area contributed by atoms with Gasteiger partial charge in [0, 0.05) is 27.0 Å². The van der Waals surface area contributed by atoms with Gasteiger partial charge >= 0.3 is 0 Å². The summed E-state index contributed by atoms with van der Waals surface area (Å²) < 4.78 is 3.11. The summed E-state index contributed by atoms with van der Waals surface area (Å²) in [6.07, 6.45) is 0. The van der Waals surface area contributed by atoms with E-state index in [-0.39, 0.29) is 6.04 Å². The second-order valence-corrected chi connectivity index (χ2v) is 5.65. The smallest absolute Gasteiger partial charge is 0.0985 e. The first kappa shape index (κ1) is 11.8. The summed E-state index contributed by atoms with van der Waals surface area (Å²) in [5.74, 6) is 0. The van der Waals surface area contributed by atoms with Crippen LogP contribution in [0, 0.1) is 13.8 Å². The van der Waals surface area contributed by atoms with Gasteiger partial charge in [-0.1, -0.05) is 0 Å². The molecule has 1 unspecified atom stereocenters. The van der Waals surface area contributed by atoms with Crippen molar-refractivity contribution in [1.29, 1.82) is 0 Å². The van der Waals surface area contributed by atoms with Crippen LogP contribution in [0.5, 0.6) is 0 Å². The van der Waals surface area contributed by atoms with E-state index >= 15 is 0 Å². The van der Waals surface area contributed by atoms with Gasteiger partial charge in [-0.3, -0.25) is 4.68 Å². The zero-order chi connectivity index (χ0) is 11.7. The van der Waals surface area contributed by atoms with Gasteiger partial charge < -0.3 is 5.73 Å². The van der Waals surface area contributed by atoms with Gasteiger partial charge in [0.15, 0.2) is 0 Å². The highest BCUT2D eigenvalue weighted by molar-refractivity contribution is 9.10. The van der Waals surface area contributed by atoms with Crippen LogP contribution in [0.2, 0.25) is 0 Å². The second-order valence-electron chi connectivity index (χ2n) is 3.79. The Morgan fingerprint density at radius 3 is 2.69 bits per heavy atom. The number of rotatable bonds is 3. The number of hydrogen-bond donors (Lipinski definition) is 1. The van der Waals surface area contributed by atoms with E-state index in [1.807, 2.05) is 11.6 Å². The topological polar surface area (TPSA) is 43.8 Å². The van der Waals surface area contributed by atoms with Crippen molar-refractivity contribution in [3.8, 4) is 0 Å². The molecule has 2 aromatic rings. The lowest BCUT2D eigenvalue weighted by Gasteiger charge is -2.15. The molecule has 86 valence electrons. The predicted molar refractivity (Wildman–Crippen MR) is 70.9 cm³/mol. The molecule has 0 fully saturated rings. The van der Waals surface area contributed by atoms with Crippen molar-refractivity contribution < 1.29 is 0 Å². The van der Waals surface area contributed by atoms with Crippen molar-refractivity contribution in [2.45, 2.75) is 19.9 Å². The molecule has 0 amide bonds. The molecule has 1 atom stereocenters. The normalized spacial score (nSPS) is 13.0. The van der Waals surface area contributed by atoms with Gasteiger partial charge in [0.25, 0.3) is 0 Å². The van der Waals surface area contributed by atoms with E-state index in [2.05, 4.69) is 45.5 Å². The van der Waals surface area contributed by atoms with Crippen molar-refractivity contribution in [3.63, 3.8) is 0 Å². The quantitative estimate of drug-likeness (QED) is 0.947. The fourth-order valence-corrected chi connectivity index (χ4v) is 3.34. The highest BCUT2D eigenvalue weighted by Gasteiger charge is 2.16. The maximum Gasteiger partial charge on any atom is 0.0985 e. The van der Waals surface area contributed by atoms with Crippen LogP contribution >= 0.6 is 27.3 Å². The highest BCUT2D eigenvalue weighted by Crippen LogP contribution is 2.28. The minimum atomic E-state index is 0.144. The number of hydrogen-bond acceptors (Lipinski definition) is 3. The lowest BCUT2D eigenvalue weighted by molar-refractivity contribution is 0.523. The van der Waals surface area contributed by atoms with E-state index in [9.17, 15) is 0 Å². The van der Waals surface area contributed by atoms with Gasteiger partial charge in [-0.15, -0.1) is 11.3 Å². The molecular weight excluding hydrogens is 286 g/mol. The number of aromatic nitrogens is 2. The van der Waals surface area contributed by atoms with Crippen LogP contribution in [0.15, 0.2) is 22.0 Å². The SMILES string of the molecule is Cc1cc(C)n(C(CN)c2cc(Br)cs2)n1. The molecule has 0 spiro atoms. The van der Waals surface area contributed by atoms with Crippen LogP contribution in [0.25, 0.3) is 0 Å². The molecule has 0 aliphatic rings. The van der Waals surface area contributed by atoms with Crippen LogP contribution in [0.4, 0.5) is 0 Å². The van der Waals surface area contributed by atoms with Crippen LogP contribution in [0.3, 0.4) is 0 Å². The molecule has 0 aliphatic heterocycles. The molecule has 0 saturated carbocycles. The van der Waals surface area contributed by atoms with Crippen molar-refractivity contribution in [2.75, 3.05) is 6.54 Å². The van der Waals surface area contributed by atoms with E-state index in [0.29, 0.717) is 6.54 Å². The lowest BCUT2D eigenvalue weighted by atomic mass is 10.2. The van der Waals surface area contributed by atoms with Crippen molar-refractivity contribution in [2.24, 2.45) is 5.73 Å². The summed E-state index contributed by atoms with van der Waals surface area (Å²) >= 11 is 5.17. The molecule has 0 bridgehead atoms. The Bertz CT molecular complexity index is 489. The fraction of sp³-hybridized carbons (Fsp3) is 0.364. The minimum Gasteiger partial charge on any atom is -0.328 e. The van der Waals surface area contributed by atoms with E-state index in [0.717, 1.165) is 15.9 Å². The number of nitrogens with two attached hydrogens (primary N) is 1. The Hall–Kier alpha value is -0.650. The first-order chi connectivity index (χ1) is 7.61. The zero-order valence-electron chi connectivity index (χ0n) is 9.27. The molecule has 0 saturated heterocycles. The summed E-state index contributed by atoms with van der Waals surface area (Å²) in [7, 11) is 0. The Morgan fingerprint density at radius 2 is 2.25 bits per heavy atom. The average molecular weight is 300 g/mol. The molecular formula is C11H14BrN3S. The van der Waals surface area contributed by atoms with Crippen LogP contribution in [0.1, 0.15) is 22.3 Å². The van der Waals surface area contributed by atoms with Crippen molar-refractivity contribution >= 4 is 27.3 Å². The third-order valence-corrected chi connectivity index (χ3v) is 4.27. The second kappa shape index (κ2) is 4.69. The number of aryl methyl sites for hydroxylation is 2. The van der Waals surface area contributed by atoms with Crippen LogP contribution < -0.4 is 5.73 Å². The summed E-state index contributed by atoms with van der Waals surface area (Å²) in [5, 5.41) is 6.57. The number of nitrogens with zero attached hydrogens (tertiary/aromatic N) is 2. The molecule has 0 aromatic carbocycles. The molecule has 2 aromatic heterocycles. The largest absolute Gasteiger partial charge is 0.328 e. The molecule has 2 heterocycles. The van der Waals surface area contributed by atoms with E-state index in [1.165, 1.54) is 4.88 Å². The fourth-order valence-electron chi connectivity index (χ4n) is 1.80. The average Bonchev–Trinajstić information content (AvgIpc) is 2.76. The van der Waals surface area contributed by atoms with Gasteiger partial charge in [-0.25, -0.2) is 0 Å². The molecule has 5 heteroatoms. The highest BCUT2D eigenvalue weighted by atomic mass is 79.9. The maximum absolute atomic E-state index is 5.85. The molecule has 0 radical (unpaired) electrons. The Morgan fingerprint density at radius 1 is 1.50 bits per heavy atom. The van der Waals surface area contributed by atoms with E-state index < -0.39 is 0 Å². The molecule has 0 aliphatic carbocycles. The first-order valence-electron chi connectivity index (χ1n) is 5.08. The monoisotopic (exact) mass is 299 g/mol. The van der Waals surface area contributed by atoms with Gasteiger partial charge in [0.05, 0.1) is 11.7 Å². The van der Waals surface area contributed by atoms with E-state index in [1.54, 1.807) is 11.3 Å². The summed E-state index contributed by atoms with van der Waals surface area (Å²) in [6.45, 7) is 4.63. The van der Waals surface area contributed by atoms with Gasteiger partial charge in [-0.05, 0) is 41.9 Å². The molecule has 16 heavy (non-hydrogen) atoms. The summed E-state index contributed by atoms with van der Waals surface area (Å²) in [6, 6.07) is 4.33. The summed E-state index contributed by atoms with van der Waals surface area (Å²) in [5.41, 5.74) is 8.04. The van der Waals surface area contributed by atoms with E-state index in [4.69, 9.17) is 5.73 Å². The Labute approximate surface area is 107 Å².